The van der Waals surface area contributed by atoms with Gasteiger partial charge in [0, 0.05) is 0 Å². The zero-order valence-electron chi connectivity index (χ0n) is 9.67. The van der Waals surface area contributed by atoms with Crippen LogP contribution in [0.2, 0.25) is 0 Å². The van der Waals surface area contributed by atoms with Gasteiger partial charge in [-0.3, -0.25) is 0 Å². The van der Waals surface area contributed by atoms with Crippen LogP contribution in [0.15, 0.2) is 54.6 Å². The lowest BCUT2D eigenvalue weighted by Gasteiger charge is -2.32. The minimum absolute atomic E-state index is 0.0206. The molecule has 0 bridgehead atoms. The van der Waals surface area contributed by atoms with Gasteiger partial charge in [-0.2, -0.15) is 0 Å². The first-order valence-corrected chi connectivity index (χ1v) is 5.82. The molecular weight excluding hydrogens is 212 g/mol. The summed E-state index contributed by atoms with van der Waals surface area (Å²) < 4.78 is 11.9. The molecule has 17 heavy (non-hydrogen) atoms. The van der Waals surface area contributed by atoms with Gasteiger partial charge in [0.25, 0.3) is 0 Å². The summed E-state index contributed by atoms with van der Waals surface area (Å²) in [6, 6.07) is 18.0. The SMILES string of the molecule is C[C@@H]1Oc2ccccc2O[C@H]1c1ccccc1. The average molecular weight is 226 g/mol. The molecule has 0 aromatic heterocycles. The molecule has 1 aliphatic heterocycles. The Labute approximate surface area is 101 Å². The molecule has 2 heteroatoms. The molecule has 0 saturated heterocycles. The molecule has 1 heterocycles. The second-order valence-electron chi connectivity index (χ2n) is 4.22. The molecule has 0 spiro atoms. The van der Waals surface area contributed by atoms with E-state index in [2.05, 4.69) is 12.1 Å². The van der Waals surface area contributed by atoms with Gasteiger partial charge in [0.05, 0.1) is 0 Å². The number of para-hydroxylation sites is 2. The maximum atomic E-state index is 6.01. The van der Waals surface area contributed by atoms with Crippen LogP contribution in [-0.2, 0) is 0 Å². The Balaban J connectivity index is 1.95. The van der Waals surface area contributed by atoms with Crippen LogP contribution in [0, 0.1) is 0 Å². The van der Waals surface area contributed by atoms with Crippen molar-refractivity contribution in [3.05, 3.63) is 60.2 Å². The van der Waals surface area contributed by atoms with Crippen molar-refractivity contribution in [1.82, 2.24) is 0 Å². The molecule has 0 aliphatic carbocycles. The van der Waals surface area contributed by atoms with E-state index in [9.17, 15) is 0 Å². The van der Waals surface area contributed by atoms with E-state index in [4.69, 9.17) is 9.47 Å². The lowest BCUT2D eigenvalue weighted by Crippen LogP contribution is -2.30. The normalized spacial score (nSPS) is 22.2. The number of hydrogen-bond donors (Lipinski definition) is 0. The van der Waals surface area contributed by atoms with Crippen molar-refractivity contribution in [2.75, 3.05) is 0 Å². The van der Waals surface area contributed by atoms with E-state index in [0.29, 0.717) is 0 Å². The third kappa shape index (κ3) is 1.86. The highest BCUT2D eigenvalue weighted by Gasteiger charge is 2.28. The summed E-state index contributed by atoms with van der Waals surface area (Å²) in [4.78, 5) is 0. The number of rotatable bonds is 1. The average Bonchev–Trinajstić information content (AvgIpc) is 2.39. The van der Waals surface area contributed by atoms with Gasteiger partial charge < -0.3 is 9.47 Å². The van der Waals surface area contributed by atoms with Crippen LogP contribution in [0.4, 0.5) is 0 Å². The molecule has 1 aliphatic rings. The molecule has 0 amide bonds. The predicted octanol–water partition coefficient (Wildman–Crippen LogP) is 3.59. The van der Waals surface area contributed by atoms with Gasteiger partial charge in [0.2, 0.25) is 0 Å². The van der Waals surface area contributed by atoms with Gasteiger partial charge in [0.15, 0.2) is 17.6 Å². The molecule has 0 fully saturated rings. The third-order valence-electron chi connectivity index (χ3n) is 2.97. The molecule has 0 unspecified atom stereocenters. The predicted molar refractivity (Wildman–Crippen MR) is 66.3 cm³/mol. The first kappa shape index (κ1) is 10.2. The van der Waals surface area contributed by atoms with E-state index in [1.54, 1.807) is 0 Å². The molecular formula is C15H14O2. The fraction of sp³-hybridized carbons (Fsp3) is 0.200. The number of fused-ring (bicyclic) bond motifs is 1. The monoisotopic (exact) mass is 226 g/mol. The van der Waals surface area contributed by atoms with E-state index < -0.39 is 0 Å². The van der Waals surface area contributed by atoms with Crippen LogP contribution < -0.4 is 9.47 Å². The third-order valence-corrected chi connectivity index (χ3v) is 2.97. The van der Waals surface area contributed by atoms with Crippen molar-refractivity contribution >= 4 is 0 Å². The Kier molecular flexibility index (Phi) is 2.48. The number of benzene rings is 2. The second kappa shape index (κ2) is 4.13. The van der Waals surface area contributed by atoms with E-state index in [0.717, 1.165) is 17.1 Å². The topological polar surface area (TPSA) is 18.5 Å². The summed E-state index contributed by atoms with van der Waals surface area (Å²) >= 11 is 0. The fourth-order valence-corrected chi connectivity index (χ4v) is 2.12. The van der Waals surface area contributed by atoms with Crippen molar-refractivity contribution in [2.24, 2.45) is 0 Å². The van der Waals surface area contributed by atoms with Crippen LogP contribution in [0.1, 0.15) is 18.6 Å². The van der Waals surface area contributed by atoms with Gasteiger partial charge in [-0.05, 0) is 24.6 Å². The first-order valence-electron chi connectivity index (χ1n) is 5.82. The zero-order valence-corrected chi connectivity index (χ0v) is 9.67. The van der Waals surface area contributed by atoms with Crippen LogP contribution in [-0.4, -0.2) is 6.10 Å². The minimum Gasteiger partial charge on any atom is -0.483 e. The van der Waals surface area contributed by atoms with Gasteiger partial charge in [-0.25, -0.2) is 0 Å². The molecule has 2 aromatic rings. The second-order valence-corrected chi connectivity index (χ2v) is 4.22. The Hall–Kier alpha value is -1.96. The summed E-state index contributed by atoms with van der Waals surface area (Å²) in [6.45, 7) is 2.04. The molecule has 2 nitrogen and oxygen atoms in total. The maximum absolute atomic E-state index is 6.01. The van der Waals surface area contributed by atoms with Gasteiger partial charge >= 0.3 is 0 Å². The zero-order chi connectivity index (χ0) is 11.7. The van der Waals surface area contributed by atoms with Gasteiger partial charge in [-0.1, -0.05) is 42.5 Å². The molecule has 86 valence electrons. The summed E-state index contributed by atoms with van der Waals surface area (Å²) in [7, 11) is 0. The van der Waals surface area contributed by atoms with Crippen LogP contribution in [0.3, 0.4) is 0 Å². The Morgan fingerprint density at radius 3 is 2.06 bits per heavy atom. The van der Waals surface area contributed by atoms with Crippen LogP contribution in [0.5, 0.6) is 11.5 Å². The summed E-state index contributed by atoms with van der Waals surface area (Å²) in [6.07, 6.45) is -0.0154. The molecule has 0 saturated carbocycles. The lowest BCUT2D eigenvalue weighted by atomic mass is 10.0. The van der Waals surface area contributed by atoms with Gasteiger partial charge in [-0.15, -0.1) is 0 Å². The smallest absolute Gasteiger partial charge is 0.162 e. The van der Waals surface area contributed by atoms with Crippen LogP contribution >= 0.6 is 0 Å². The van der Waals surface area contributed by atoms with E-state index in [1.165, 1.54) is 0 Å². The fourth-order valence-electron chi connectivity index (χ4n) is 2.12. The van der Waals surface area contributed by atoms with E-state index in [1.807, 2.05) is 49.4 Å². The molecule has 0 N–H and O–H groups in total. The highest BCUT2D eigenvalue weighted by molar-refractivity contribution is 5.42. The molecule has 2 aromatic carbocycles. The van der Waals surface area contributed by atoms with Gasteiger partial charge in [0.1, 0.15) is 6.10 Å². The summed E-state index contributed by atoms with van der Waals surface area (Å²) in [5, 5.41) is 0. The van der Waals surface area contributed by atoms with Crippen LogP contribution in [0.25, 0.3) is 0 Å². The van der Waals surface area contributed by atoms with Crippen molar-refractivity contribution in [1.29, 1.82) is 0 Å². The summed E-state index contributed by atoms with van der Waals surface area (Å²) in [5.41, 5.74) is 1.15. The first-order chi connectivity index (χ1) is 8.34. The highest BCUT2D eigenvalue weighted by Crippen LogP contribution is 2.38. The number of ether oxygens (including phenoxy) is 2. The Bertz CT molecular complexity index is 507. The molecule has 3 rings (SSSR count). The lowest BCUT2D eigenvalue weighted by molar-refractivity contribution is 0.0307. The van der Waals surface area contributed by atoms with Crippen molar-refractivity contribution < 1.29 is 9.47 Å². The largest absolute Gasteiger partial charge is 0.483 e. The Morgan fingerprint density at radius 2 is 1.35 bits per heavy atom. The molecule has 0 radical (unpaired) electrons. The van der Waals surface area contributed by atoms with Crippen molar-refractivity contribution in [3.8, 4) is 11.5 Å². The summed E-state index contributed by atoms with van der Waals surface area (Å²) in [5.74, 6) is 1.65. The van der Waals surface area contributed by atoms with Crippen molar-refractivity contribution in [2.45, 2.75) is 19.1 Å². The minimum atomic E-state index is -0.0360. The Morgan fingerprint density at radius 1 is 0.765 bits per heavy atom. The highest BCUT2D eigenvalue weighted by atomic mass is 16.6. The number of hydrogen-bond acceptors (Lipinski definition) is 2. The van der Waals surface area contributed by atoms with E-state index >= 15 is 0 Å². The standard InChI is InChI=1S/C15H14O2/c1-11-15(12-7-3-2-4-8-12)17-14-10-6-5-9-13(14)16-11/h2-11,15H,1H3/t11-,15+/m0/s1. The quantitative estimate of drug-likeness (QED) is 0.739. The maximum Gasteiger partial charge on any atom is 0.162 e. The molecule has 2 atom stereocenters. The van der Waals surface area contributed by atoms with E-state index in [-0.39, 0.29) is 12.2 Å². The van der Waals surface area contributed by atoms with Crippen molar-refractivity contribution in [3.63, 3.8) is 0 Å².